The Balaban J connectivity index is 2.44. The fraction of sp³-hybridized carbons (Fsp3) is 1.00. The molecule has 0 aromatic rings. The van der Waals surface area contributed by atoms with Gasteiger partial charge >= 0.3 is 0 Å². The zero-order chi connectivity index (χ0) is 10.6. The van der Waals surface area contributed by atoms with Gasteiger partial charge in [-0.15, -0.1) is 0 Å². The van der Waals surface area contributed by atoms with Crippen LogP contribution in [0.2, 0.25) is 0 Å². The Bertz CT molecular complexity index is 150. The highest BCUT2D eigenvalue weighted by Crippen LogP contribution is 2.22. The second-order valence-electron chi connectivity index (χ2n) is 4.79. The van der Waals surface area contributed by atoms with Crippen LogP contribution in [0, 0.1) is 0 Å². The number of nitrogens with zero attached hydrogens (tertiary/aromatic N) is 1. The van der Waals surface area contributed by atoms with E-state index in [0.717, 1.165) is 0 Å². The van der Waals surface area contributed by atoms with E-state index in [9.17, 15) is 5.11 Å². The molecule has 2 atom stereocenters. The molecule has 84 valence electrons. The molecule has 1 rings (SSSR count). The normalized spacial score (nSPS) is 24.6. The number of aliphatic hydroxyl groups excluding tert-OH is 1. The molecule has 1 aliphatic carbocycles. The maximum Gasteiger partial charge on any atom is 0.0664 e. The van der Waals surface area contributed by atoms with Crippen molar-refractivity contribution in [3.05, 3.63) is 0 Å². The summed E-state index contributed by atoms with van der Waals surface area (Å²) >= 11 is 0. The van der Waals surface area contributed by atoms with E-state index in [0.29, 0.717) is 6.04 Å². The van der Waals surface area contributed by atoms with Crippen molar-refractivity contribution in [1.82, 2.24) is 4.90 Å². The van der Waals surface area contributed by atoms with Gasteiger partial charge in [-0.2, -0.15) is 0 Å². The van der Waals surface area contributed by atoms with Crippen LogP contribution in [0.1, 0.15) is 52.4 Å². The average Bonchev–Trinajstić information content (AvgIpc) is 2.43. The van der Waals surface area contributed by atoms with E-state index in [2.05, 4.69) is 18.9 Å². The lowest BCUT2D eigenvalue weighted by Gasteiger charge is -2.34. The molecule has 1 N–H and O–H groups in total. The minimum Gasteiger partial charge on any atom is -0.392 e. The predicted molar refractivity (Wildman–Crippen MR) is 60.4 cm³/mol. The van der Waals surface area contributed by atoms with Crippen LogP contribution >= 0.6 is 0 Å². The standard InChI is InChI=1S/C12H25NO/c1-10(11(2)14)13(3)12-8-6-4-5-7-9-12/h10-12,14H,4-9H2,1-3H3. The van der Waals surface area contributed by atoms with Gasteiger partial charge in [-0.05, 0) is 33.7 Å². The largest absolute Gasteiger partial charge is 0.392 e. The van der Waals surface area contributed by atoms with E-state index in [1.54, 1.807) is 0 Å². The van der Waals surface area contributed by atoms with Gasteiger partial charge < -0.3 is 5.11 Å². The third-order valence-corrected chi connectivity index (χ3v) is 3.74. The Kier molecular flexibility index (Phi) is 4.90. The van der Waals surface area contributed by atoms with E-state index in [1.807, 2.05) is 6.92 Å². The van der Waals surface area contributed by atoms with Gasteiger partial charge in [0.15, 0.2) is 0 Å². The van der Waals surface area contributed by atoms with Crippen molar-refractivity contribution in [2.24, 2.45) is 0 Å². The molecular weight excluding hydrogens is 174 g/mol. The molecule has 1 fully saturated rings. The van der Waals surface area contributed by atoms with Crippen molar-refractivity contribution in [3.8, 4) is 0 Å². The topological polar surface area (TPSA) is 23.5 Å². The van der Waals surface area contributed by atoms with Gasteiger partial charge in [0.2, 0.25) is 0 Å². The van der Waals surface area contributed by atoms with Crippen molar-refractivity contribution in [2.75, 3.05) is 7.05 Å². The maximum absolute atomic E-state index is 9.55. The van der Waals surface area contributed by atoms with Crippen molar-refractivity contribution >= 4 is 0 Å². The highest BCUT2D eigenvalue weighted by Gasteiger charge is 2.23. The van der Waals surface area contributed by atoms with Gasteiger partial charge in [0.1, 0.15) is 0 Å². The SMILES string of the molecule is CC(O)C(C)N(C)C1CCCCCC1. The minimum absolute atomic E-state index is 0.219. The number of hydrogen-bond donors (Lipinski definition) is 1. The van der Waals surface area contributed by atoms with Crippen LogP contribution in [0.15, 0.2) is 0 Å². The van der Waals surface area contributed by atoms with Crippen LogP contribution in [-0.4, -0.2) is 35.2 Å². The molecule has 14 heavy (non-hydrogen) atoms. The van der Waals surface area contributed by atoms with Gasteiger partial charge in [-0.3, -0.25) is 4.90 Å². The van der Waals surface area contributed by atoms with Crippen LogP contribution in [0.25, 0.3) is 0 Å². The number of rotatable bonds is 3. The number of likely N-dealkylation sites (N-methyl/N-ethyl adjacent to an activating group) is 1. The quantitative estimate of drug-likeness (QED) is 0.706. The van der Waals surface area contributed by atoms with Gasteiger partial charge in [0.05, 0.1) is 6.10 Å². The van der Waals surface area contributed by atoms with E-state index in [1.165, 1.54) is 38.5 Å². The van der Waals surface area contributed by atoms with Gasteiger partial charge in [-0.25, -0.2) is 0 Å². The molecule has 0 bridgehead atoms. The summed E-state index contributed by atoms with van der Waals surface area (Å²) in [4.78, 5) is 2.37. The molecule has 0 aromatic carbocycles. The first-order chi connectivity index (χ1) is 6.63. The molecule has 0 radical (unpaired) electrons. The maximum atomic E-state index is 9.55. The van der Waals surface area contributed by atoms with Crippen molar-refractivity contribution < 1.29 is 5.11 Å². The molecule has 2 heteroatoms. The summed E-state index contributed by atoms with van der Waals surface area (Å²) < 4.78 is 0. The lowest BCUT2D eigenvalue weighted by molar-refractivity contribution is 0.0567. The third-order valence-electron chi connectivity index (χ3n) is 3.74. The summed E-state index contributed by atoms with van der Waals surface area (Å²) in [7, 11) is 2.16. The van der Waals surface area contributed by atoms with Crippen LogP contribution in [-0.2, 0) is 0 Å². The van der Waals surface area contributed by atoms with Crippen LogP contribution in [0.3, 0.4) is 0 Å². The monoisotopic (exact) mass is 199 g/mol. The lowest BCUT2D eigenvalue weighted by atomic mass is 10.0. The van der Waals surface area contributed by atoms with Crippen molar-refractivity contribution in [1.29, 1.82) is 0 Å². The Hall–Kier alpha value is -0.0800. The van der Waals surface area contributed by atoms with Gasteiger partial charge in [0, 0.05) is 12.1 Å². The Morgan fingerprint density at radius 3 is 2.00 bits per heavy atom. The zero-order valence-corrected chi connectivity index (χ0v) is 9.87. The van der Waals surface area contributed by atoms with Gasteiger partial charge in [0.25, 0.3) is 0 Å². The summed E-state index contributed by atoms with van der Waals surface area (Å²) in [5.74, 6) is 0. The van der Waals surface area contributed by atoms with Crippen LogP contribution < -0.4 is 0 Å². The van der Waals surface area contributed by atoms with Crippen molar-refractivity contribution in [3.63, 3.8) is 0 Å². The predicted octanol–water partition coefficient (Wildman–Crippen LogP) is 2.41. The summed E-state index contributed by atoms with van der Waals surface area (Å²) in [5.41, 5.74) is 0. The smallest absolute Gasteiger partial charge is 0.0664 e. The third kappa shape index (κ3) is 3.25. The fourth-order valence-electron chi connectivity index (χ4n) is 2.34. The van der Waals surface area contributed by atoms with E-state index in [-0.39, 0.29) is 12.1 Å². The highest BCUT2D eigenvalue weighted by atomic mass is 16.3. The lowest BCUT2D eigenvalue weighted by Crippen LogP contribution is -2.43. The summed E-state index contributed by atoms with van der Waals surface area (Å²) in [6, 6.07) is 0.986. The molecular formula is C12H25NO. The number of aliphatic hydroxyl groups is 1. The molecule has 2 nitrogen and oxygen atoms in total. The Morgan fingerprint density at radius 2 is 1.57 bits per heavy atom. The first kappa shape index (κ1) is 12.0. The molecule has 0 spiro atoms. The first-order valence-corrected chi connectivity index (χ1v) is 6.03. The minimum atomic E-state index is -0.219. The highest BCUT2D eigenvalue weighted by molar-refractivity contribution is 4.78. The second kappa shape index (κ2) is 5.72. The molecule has 0 amide bonds. The van der Waals surface area contributed by atoms with Gasteiger partial charge in [-0.1, -0.05) is 25.7 Å². The van der Waals surface area contributed by atoms with Crippen molar-refractivity contribution in [2.45, 2.75) is 70.6 Å². The molecule has 0 saturated heterocycles. The average molecular weight is 199 g/mol. The molecule has 1 aliphatic rings. The molecule has 2 unspecified atom stereocenters. The molecule has 0 heterocycles. The fourth-order valence-corrected chi connectivity index (χ4v) is 2.34. The molecule has 1 saturated carbocycles. The summed E-state index contributed by atoms with van der Waals surface area (Å²) in [5, 5.41) is 9.55. The molecule has 0 aliphatic heterocycles. The summed E-state index contributed by atoms with van der Waals surface area (Å²) in [6.45, 7) is 4.01. The summed E-state index contributed by atoms with van der Waals surface area (Å²) in [6.07, 6.45) is 7.92. The van der Waals surface area contributed by atoms with E-state index in [4.69, 9.17) is 0 Å². The first-order valence-electron chi connectivity index (χ1n) is 6.03. The number of hydrogen-bond acceptors (Lipinski definition) is 2. The van der Waals surface area contributed by atoms with E-state index >= 15 is 0 Å². The van der Waals surface area contributed by atoms with Crippen LogP contribution in [0.4, 0.5) is 0 Å². The molecule has 0 aromatic heterocycles. The zero-order valence-electron chi connectivity index (χ0n) is 9.87. The Labute approximate surface area is 88.3 Å². The second-order valence-corrected chi connectivity index (χ2v) is 4.79. The van der Waals surface area contributed by atoms with E-state index < -0.39 is 0 Å². The van der Waals surface area contributed by atoms with Crippen LogP contribution in [0.5, 0.6) is 0 Å². The Morgan fingerprint density at radius 1 is 1.07 bits per heavy atom.